The van der Waals surface area contributed by atoms with Crippen molar-refractivity contribution < 1.29 is 17.8 Å². The Balaban J connectivity index is 2.49. The van der Waals surface area contributed by atoms with E-state index in [0.29, 0.717) is 5.56 Å². The minimum Gasteiger partial charge on any atom is -0.289 e. The molecule has 0 bridgehead atoms. The summed E-state index contributed by atoms with van der Waals surface area (Å²) in [5.41, 5.74) is 1.55. The van der Waals surface area contributed by atoms with Crippen LogP contribution in [-0.4, -0.2) is 18.8 Å². The van der Waals surface area contributed by atoms with Crippen LogP contribution in [0.15, 0.2) is 53.4 Å². The van der Waals surface area contributed by atoms with Crippen molar-refractivity contribution in [2.45, 2.75) is 11.8 Å². The topological polar surface area (TPSA) is 71.4 Å². The molecule has 98 valence electrons. The Morgan fingerprint density at radius 2 is 1.74 bits per heavy atom. The minimum absolute atomic E-state index is 0.226. The molecule has 1 N–H and O–H groups in total. The standard InChI is InChI=1S/C14H12O4S/c1-10-5-2-3-8-13(10)14(15)11-6-4-7-12(9-11)19(16,17)18/h2-9H,1H3,(H,16,17,18). The predicted molar refractivity (Wildman–Crippen MR) is 70.9 cm³/mol. The van der Waals surface area contributed by atoms with Gasteiger partial charge in [-0.05, 0) is 24.6 Å². The number of carbonyl (C=O) groups is 1. The first kappa shape index (κ1) is 13.5. The maximum atomic E-state index is 12.3. The Morgan fingerprint density at radius 3 is 2.37 bits per heavy atom. The third-order valence-corrected chi connectivity index (χ3v) is 3.63. The van der Waals surface area contributed by atoms with Crippen LogP contribution in [0.1, 0.15) is 21.5 Å². The fourth-order valence-electron chi connectivity index (χ4n) is 1.78. The third kappa shape index (κ3) is 2.89. The lowest BCUT2D eigenvalue weighted by atomic mass is 9.99. The Hall–Kier alpha value is -1.98. The van der Waals surface area contributed by atoms with Crippen LogP contribution in [-0.2, 0) is 10.1 Å². The maximum absolute atomic E-state index is 12.3. The van der Waals surface area contributed by atoms with E-state index in [0.717, 1.165) is 5.56 Å². The highest BCUT2D eigenvalue weighted by molar-refractivity contribution is 7.85. The molecule has 0 aromatic heterocycles. The van der Waals surface area contributed by atoms with Gasteiger partial charge in [0, 0.05) is 11.1 Å². The zero-order valence-corrected chi connectivity index (χ0v) is 11.0. The first-order valence-electron chi connectivity index (χ1n) is 5.57. The van der Waals surface area contributed by atoms with Crippen LogP contribution in [0.5, 0.6) is 0 Å². The first-order valence-corrected chi connectivity index (χ1v) is 7.01. The second kappa shape index (κ2) is 4.95. The predicted octanol–water partition coefficient (Wildman–Crippen LogP) is 2.47. The normalized spacial score (nSPS) is 11.3. The van der Waals surface area contributed by atoms with Gasteiger partial charge in [0.2, 0.25) is 0 Å². The molecule has 0 fully saturated rings. The van der Waals surface area contributed by atoms with Gasteiger partial charge in [0.05, 0.1) is 4.90 Å². The quantitative estimate of drug-likeness (QED) is 0.690. The summed E-state index contributed by atoms with van der Waals surface area (Å²) in [4.78, 5) is 12.0. The van der Waals surface area contributed by atoms with Crippen molar-refractivity contribution >= 4 is 15.9 Å². The molecule has 0 atom stereocenters. The molecule has 0 spiro atoms. The van der Waals surface area contributed by atoms with E-state index in [2.05, 4.69) is 0 Å². The smallest absolute Gasteiger partial charge is 0.289 e. The van der Waals surface area contributed by atoms with Crippen LogP contribution in [0.4, 0.5) is 0 Å². The third-order valence-electron chi connectivity index (χ3n) is 2.78. The number of aryl methyl sites for hydroxylation is 1. The van der Waals surface area contributed by atoms with Crippen molar-refractivity contribution in [1.29, 1.82) is 0 Å². The molecule has 0 saturated heterocycles. The number of hydrogen-bond acceptors (Lipinski definition) is 3. The second-order valence-electron chi connectivity index (χ2n) is 4.15. The van der Waals surface area contributed by atoms with Crippen LogP contribution < -0.4 is 0 Å². The van der Waals surface area contributed by atoms with Gasteiger partial charge in [-0.3, -0.25) is 9.35 Å². The van der Waals surface area contributed by atoms with E-state index in [9.17, 15) is 13.2 Å². The number of hydrogen-bond donors (Lipinski definition) is 1. The summed E-state index contributed by atoms with van der Waals surface area (Å²) in [5, 5.41) is 0. The van der Waals surface area contributed by atoms with Crippen molar-refractivity contribution in [3.8, 4) is 0 Å². The minimum atomic E-state index is -4.30. The van der Waals surface area contributed by atoms with Gasteiger partial charge in [0.1, 0.15) is 0 Å². The van der Waals surface area contributed by atoms with Crippen LogP contribution >= 0.6 is 0 Å². The Morgan fingerprint density at radius 1 is 1.05 bits per heavy atom. The van der Waals surface area contributed by atoms with Crippen LogP contribution in [0, 0.1) is 6.92 Å². The van der Waals surface area contributed by atoms with Gasteiger partial charge in [0.25, 0.3) is 10.1 Å². The van der Waals surface area contributed by atoms with E-state index in [1.807, 2.05) is 6.07 Å². The van der Waals surface area contributed by atoms with E-state index in [1.165, 1.54) is 24.3 Å². The molecule has 0 amide bonds. The van der Waals surface area contributed by atoms with E-state index >= 15 is 0 Å². The summed E-state index contributed by atoms with van der Waals surface area (Å²) in [7, 11) is -4.30. The van der Waals surface area contributed by atoms with Gasteiger partial charge in [-0.15, -0.1) is 0 Å². The summed E-state index contributed by atoms with van der Waals surface area (Å²) in [6.45, 7) is 1.81. The van der Waals surface area contributed by atoms with Crippen molar-refractivity contribution in [1.82, 2.24) is 0 Å². The lowest BCUT2D eigenvalue weighted by Gasteiger charge is -2.05. The van der Waals surface area contributed by atoms with Gasteiger partial charge >= 0.3 is 0 Å². The van der Waals surface area contributed by atoms with Gasteiger partial charge in [-0.25, -0.2) is 0 Å². The number of ketones is 1. The van der Waals surface area contributed by atoms with Crippen molar-refractivity contribution in [3.63, 3.8) is 0 Å². The highest BCUT2D eigenvalue weighted by atomic mass is 32.2. The fourth-order valence-corrected chi connectivity index (χ4v) is 2.31. The molecule has 0 aliphatic carbocycles. The molecule has 0 radical (unpaired) electrons. The summed E-state index contributed by atoms with van der Waals surface area (Å²) in [6, 6.07) is 12.4. The average Bonchev–Trinajstić information content (AvgIpc) is 2.38. The van der Waals surface area contributed by atoms with Crippen LogP contribution in [0.25, 0.3) is 0 Å². The van der Waals surface area contributed by atoms with Gasteiger partial charge in [0.15, 0.2) is 5.78 Å². The molecule has 0 unspecified atom stereocenters. The highest BCUT2D eigenvalue weighted by Crippen LogP contribution is 2.17. The molecule has 0 heterocycles. The Labute approximate surface area is 111 Å². The molecular weight excluding hydrogens is 264 g/mol. The molecule has 0 saturated carbocycles. The first-order chi connectivity index (χ1) is 8.89. The molecule has 0 aliphatic heterocycles. The van der Waals surface area contributed by atoms with Crippen molar-refractivity contribution in [2.24, 2.45) is 0 Å². The van der Waals surface area contributed by atoms with Crippen LogP contribution in [0.2, 0.25) is 0 Å². The molecular formula is C14H12O4S. The molecule has 4 nitrogen and oxygen atoms in total. The summed E-state index contributed by atoms with van der Waals surface area (Å²) < 4.78 is 31.1. The summed E-state index contributed by atoms with van der Waals surface area (Å²) in [6.07, 6.45) is 0. The largest absolute Gasteiger partial charge is 0.294 e. The maximum Gasteiger partial charge on any atom is 0.294 e. The molecule has 0 aliphatic rings. The van der Waals surface area contributed by atoms with Gasteiger partial charge < -0.3 is 0 Å². The average molecular weight is 276 g/mol. The highest BCUT2D eigenvalue weighted by Gasteiger charge is 2.15. The Kier molecular flexibility index (Phi) is 3.50. The molecule has 19 heavy (non-hydrogen) atoms. The van der Waals surface area contributed by atoms with Crippen LogP contribution in [0.3, 0.4) is 0 Å². The summed E-state index contributed by atoms with van der Waals surface area (Å²) in [5.74, 6) is -0.274. The van der Waals surface area contributed by atoms with E-state index in [4.69, 9.17) is 4.55 Å². The van der Waals surface area contributed by atoms with Crippen molar-refractivity contribution in [2.75, 3.05) is 0 Å². The van der Waals surface area contributed by atoms with E-state index in [-0.39, 0.29) is 16.2 Å². The molecule has 5 heteroatoms. The number of rotatable bonds is 3. The number of benzene rings is 2. The lowest BCUT2D eigenvalue weighted by Crippen LogP contribution is -2.05. The SMILES string of the molecule is Cc1ccccc1C(=O)c1cccc(S(=O)(=O)O)c1. The van der Waals surface area contributed by atoms with Crippen molar-refractivity contribution in [3.05, 3.63) is 65.2 Å². The second-order valence-corrected chi connectivity index (χ2v) is 5.57. The lowest BCUT2D eigenvalue weighted by molar-refractivity contribution is 0.103. The van der Waals surface area contributed by atoms with Gasteiger partial charge in [-0.1, -0.05) is 36.4 Å². The molecule has 2 rings (SSSR count). The molecule has 2 aromatic carbocycles. The zero-order chi connectivity index (χ0) is 14.0. The molecule has 2 aromatic rings. The number of carbonyl (C=O) groups excluding carboxylic acids is 1. The van der Waals surface area contributed by atoms with Gasteiger partial charge in [-0.2, -0.15) is 8.42 Å². The van der Waals surface area contributed by atoms with E-state index in [1.54, 1.807) is 25.1 Å². The van der Waals surface area contributed by atoms with E-state index < -0.39 is 10.1 Å². The summed E-state index contributed by atoms with van der Waals surface area (Å²) >= 11 is 0. The zero-order valence-electron chi connectivity index (χ0n) is 10.2. The monoisotopic (exact) mass is 276 g/mol. The Bertz CT molecular complexity index is 733. The fraction of sp³-hybridized carbons (Fsp3) is 0.0714.